The van der Waals surface area contributed by atoms with Crippen molar-refractivity contribution in [3.63, 3.8) is 0 Å². The van der Waals surface area contributed by atoms with Gasteiger partial charge in [-0.3, -0.25) is 0 Å². The molecule has 0 radical (unpaired) electrons. The predicted octanol–water partition coefficient (Wildman–Crippen LogP) is 6.39. The number of hydrogen-bond acceptors (Lipinski definition) is 4. The van der Waals surface area contributed by atoms with Crippen LogP contribution in [0.2, 0.25) is 0 Å². The van der Waals surface area contributed by atoms with Crippen LogP contribution in [0, 0.1) is 0 Å². The monoisotopic (exact) mass is 440 g/mol. The first kappa shape index (κ1) is 25.0. The summed E-state index contributed by atoms with van der Waals surface area (Å²) in [6.45, 7) is 3.16. The molecule has 168 valence electrons. The minimum absolute atomic E-state index is 0.322. The Hall–Kier alpha value is -4.31. The highest BCUT2D eigenvalue weighted by Crippen LogP contribution is 2.35. The number of carbonyl (C=O) groups is 1. The zero-order valence-corrected chi connectivity index (χ0v) is 18.6. The second-order valence-electron chi connectivity index (χ2n) is 6.89. The third-order valence-electron chi connectivity index (χ3n) is 4.59. The number of fused-ring (bicyclic) bond motifs is 3. The van der Waals surface area contributed by atoms with Crippen LogP contribution < -0.4 is 0 Å². The maximum Gasteiger partial charge on any atom is 0.329 e. The molecule has 0 heterocycles. The normalized spacial score (nSPS) is 9.73. The first-order valence-corrected chi connectivity index (χ1v) is 10.4. The number of benzene rings is 4. The number of carbonyl (C=O) groups excluding carboxylic acids is 1. The van der Waals surface area contributed by atoms with Gasteiger partial charge in [-0.05, 0) is 52.9 Å². The summed E-state index contributed by atoms with van der Waals surface area (Å²) in [7, 11) is 1.31. The largest absolute Gasteiger partial charge is 0.508 e. The van der Waals surface area contributed by atoms with Gasteiger partial charge in [0, 0.05) is 6.08 Å². The molecule has 0 atom stereocenters. The highest BCUT2D eigenvalue weighted by Gasteiger charge is 2.15. The van der Waals surface area contributed by atoms with Gasteiger partial charge in [-0.15, -0.1) is 0 Å². The fraction of sp³-hybridized carbons (Fsp3) is 0.0690. The number of phenolic OH excluding ortho intramolecular Hbond substituents is 2. The van der Waals surface area contributed by atoms with Crippen molar-refractivity contribution in [2.45, 2.75) is 6.42 Å². The first-order chi connectivity index (χ1) is 16.0. The molecule has 0 saturated carbocycles. The summed E-state index contributed by atoms with van der Waals surface area (Å²) < 4.78 is 4.14. The average molecular weight is 441 g/mol. The second-order valence-corrected chi connectivity index (χ2v) is 6.89. The number of esters is 1. The highest BCUT2D eigenvalue weighted by atomic mass is 16.5. The third kappa shape index (κ3) is 8.75. The van der Waals surface area contributed by atoms with Crippen LogP contribution in [0.25, 0.3) is 11.1 Å². The summed E-state index contributed by atoms with van der Waals surface area (Å²) in [6, 6.07) is 34.7. The summed E-state index contributed by atoms with van der Waals surface area (Å²) in [6.07, 6.45) is 2.21. The molecule has 0 unspecified atom stereocenters. The molecule has 0 spiro atoms. The van der Waals surface area contributed by atoms with Crippen molar-refractivity contribution in [1.29, 1.82) is 0 Å². The Labute approximate surface area is 195 Å². The molecule has 0 aliphatic heterocycles. The van der Waals surface area contributed by atoms with Gasteiger partial charge in [-0.1, -0.05) is 91.5 Å². The molecule has 0 fully saturated rings. The SMILES string of the molecule is C=CC(=O)OC.Oc1ccccc1.Oc1ccccc1.c1ccc2c(c1)Cc1ccccc1-2. The molecule has 4 aromatic rings. The van der Waals surface area contributed by atoms with Gasteiger partial charge >= 0.3 is 5.97 Å². The molecule has 5 rings (SSSR count). The Morgan fingerprint density at radius 2 is 1.06 bits per heavy atom. The molecule has 4 nitrogen and oxygen atoms in total. The third-order valence-corrected chi connectivity index (χ3v) is 4.59. The van der Waals surface area contributed by atoms with Crippen LogP contribution >= 0.6 is 0 Å². The van der Waals surface area contributed by atoms with E-state index in [1.807, 2.05) is 12.1 Å². The van der Waals surface area contributed by atoms with E-state index in [1.165, 1.54) is 29.4 Å². The van der Waals surface area contributed by atoms with Gasteiger partial charge in [0.2, 0.25) is 0 Å². The lowest BCUT2D eigenvalue weighted by Gasteiger charge is -1.98. The lowest BCUT2D eigenvalue weighted by Crippen LogP contribution is -1.91. The molecule has 4 heteroatoms. The molecule has 0 aromatic heterocycles. The van der Waals surface area contributed by atoms with E-state index in [0.717, 1.165) is 12.5 Å². The molecular weight excluding hydrogens is 412 g/mol. The van der Waals surface area contributed by atoms with Gasteiger partial charge < -0.3 is 14.9 Å². The van der Waals surface area contributed by atoms with Crippen molar-refractivity contribution in [2.75, 3.05) is 7.11 Å². The molecule has 1 aliphatic rings. The van der Waals surface area contributed by atoms with Crippen LogP contribution in [-0.4, -0.2) is 23.3 Å². The Balaban J connectivity index is 0.000000167. The van der Waals surface area contributed by atoms with Crippen LogP contribution in [0.5, 0.6) is 11.5 Å². The van der Waals surface area contributed by atoms with Crippen molar-refractivity contribution in [1.82, 2.24) is 0 Å². The maximum atomic E-state index is 9.84. The fourth-order valence-electron chi connectivity index (χ4n) is 3.02. The molecule has 0 amide bonds. The van der Waals surface area contributed by atoms with Crippen molar-refractivity contribution in [2.24, 2.45) is 0 Å². The van der Waals surface area contributed by atoms with E-state index in [4.69, 9.17) is 10.2 Å². The number of hydrogen-bond donors (Lipinski definition) is 2. The number of para-hydroxylation sites is 2. The summed E-state index contributed by atoms with van der Waals surface area (Å²) in [5, 5.41) is 17.3. The van der Waals surface area contributed by atoms with Gasteiger partial charge in [-0.2, -0.15) is 0 Å². The molecule has 1 aliphatic carbocycles. The van der Waals surface area contributed by atoms with Gasteiger partial charge in [-0.25, -0.2) is 4.79 Å². The van der Waals surface area contributed by atoms with Crippen LogP contribution in [0.1, 0.15) is 11.1 Å². The van der Waals surface area contributed by atoms with E-state index in [9.17, 15) is 4.79 Å². The predicted molar refractivity (Wildman–Crippen MR) is 133 cm³/mol. The summed E-state index contributed by atoms with van der Waals surface area (Å²) >= 11 is 0. The van der Waals surface area contributed by atoms with Crippen molar-refractivity contribution >= 4 is 5.97 Å². The fourth-order valence-corrected chi connectivity index (χ4v) is 3.02. The number of methoxy groups -OCH3 is 1. The molecule has 0 saturated heterocycles. The molecule has 4 aromatic carbocycles. The van der Waals surface area contributed by atoms with Crippen LogP contribution in [0.15, 0.2) is 122 Å². The number of rotatable bonds is 1. The van der Waals surface area contributed by atoms with Crippen molar-refractivity contribution in [3.8, 4) is 22.6 Å². The van der Waals surface area contributed by atoms with Crippen molar-refractivity contribution < 1.29 is 19.7 Å². The van der Waals surface area contributed by atoms with Crippen molar-refractivity contribution in [3.05, 3.63) is 133 Å². The van der Waals surface area contributed by atoms with E-state index in [1.54, 1.807) is 48.5 Å². The first-order valence-electron chi connectivity index (χ1n) is 10.4. The maximum absolute atomic E-state index is 9.84. The van der Waals surface area contributed by atoms with E-state index in [0.29, 0.717) is 11.5 Å². The van der Waals surface area contributed by atoms with Crippen LogP contribution in [0.3, 0.4) is 0 Å². The number of phenols is 2. The average Bonchev–Trinajstić information content (AvgIpc) is 3.24. The lowest BCUT2D eigenvalue weighted by molar-refractivity contribution is -0.134. The minimum Gasteiger partial charge on any atom is -0.508 e. The van der Waals surface area contributed by atoms with Gasteiger partial charge in [0.25, 0.3) is 0 Å². The summed E-state index contributed by atoms with van der Waals surface area (Å²) in [5.74, 6) is 0.250. The number of aromatic hydroxyl groups is 2. The van der Waals surface area contributed by atoms with E-state index < -0.39 is 5.97 Å². The Morgan fingerprint density at radius 3 is 1.33 bits per heavy atom. The molecular formula is C29H28O4. The lowest BCUT2D eigenvalue weighted by atomic mass is 10.1. The Kier molecular flexibility index (Phi) is 10.5. The number of ether oxygens (including phenoxy) is 1. The topological polar surface area (TPSA) is 66.8 Å². The summed E-state index contributed by atoms with van der Waals surface area (Å²) in [4.78, 5) is 9.84. The van der Waals surface area contributed by atoms with Gasteiger partial charge in [0.15, 0.2) is 0 Å². The standard InChI is InChI=1S/C13H10.2C6H6O.C4H6O2/c1-3-7-12-10(5-1)9-11-6-2-4-8-13(11)12;2*7-6-4-2-1-3-5-6;1-3-4(5)6-2/h1-8H,9H2;2*1-5,7H;3H,1H2,2H3. The zero-order chi connectivity index (χ0) is 23.9. The van der Waals surface area contributed by atoms with Gasteiger partial charge in [0.05, 0.1) is 7.11 Å². The smallest absolute Gasteiger partial charge is 0.329 e. The quantitative estimate of drug-likeness (QED) is 0.234. The van der Waals surface area contributed by atoms with E-state index in [-0.39, 0.29) is 0 Å². The molecule has 2 N–H and O–H groups in total. The van der Waals surface area contributed by atoms with Crippen LogP contribution in [-0.2, 0) is 16.0 Å². The summed E-state index contributed by atoms with van der Waals surface area (Å²) in [5.41, 5.74) is 5.75. The molecule has 33 heavy (non-hydrogen) atoms. The zero-order valence-electron chi connectivity index (χ0n) is 18.6. The second kappa shape index (κ2) is 13.9. The highest BCUT2D eigenvalue weighted by molar-refractivity contribution is 5.81. The van der Waals surface area contributed by atoms with E-state index in [2.05, 4.69) is 59.8 Å². The Morgan fingerprint density at radius 1 is 0.697 bits per heavy atom. The Bertz CT molecular complexity index is 1040. The molecule has 0 bridgehead atoms. The minimum atomic E-state index is -0.394. The van der Waals surface area contributed by atoms with E-state index >= 15 is 0 Å². The van der Waals surface area contributed by atoms with Gasteiger partial charge in [0.1, 0.15) is 11.5 Å². The van der Waals surface area contributed by atoms with Crippen LogP contribution in [0.4, 0.5) is 0 Å².